The number of ketones is 1. The molecule has 0 aliphatic carbocycles. The highest BCUT2D eigenvalue weighted by Gasteiger charge is 2.32. The van der Waals surface area contributed by atoms with Crippen molar-refractivity contribution in [3.05, 3.63) is 70.0 Å². The maximum atomic E-state index is 13.7. The Labute approximate surface area is 119 Å². The van der Waals surface area contributed by atoms with Crippen LogP contribution in [0.2, 0.25) is 0 Å². The van der Waals surface area contributed by atoms with E-state index in [1.54, 1.807) is 26.0 Å². The molecule has 0 saturated heterocycles. The fourth-order valence-electron chi connectivity index (χ4n) is 2.00. The molecule has 1 nitrogen and oxygen atoms in total. The standard InChI is InChI=1S/C16H12F4O/c1-9-3-4-10(2)12(7-9)15(21)13-8-11(16(18,19)20)5-6-14(13)17/h3-8H,1-2H3. The number of hydrogen-bond acceptors (Lipinski definition) is 1. The molecule has 0 bridgehead atoms. The van der Waals surface area contributed by atoms with Crippen LogP contribution in [0, 0.1) is 19.7 Å². The van der Waals surface area contributed by atoms with Crippen molar-refractivity contribution >= 4 is 5.78 Å². The molecule has 2 rings (SSSR count). The van der Waals surface area contributed by atoms with Gasteiger partial charge in [0.05, 0.1) is 11.1 Å². The molecular weight excluding hydrogens is 284 g/mol. The van der Waals surface area contributed by atoms with Crippen molar-refractivity contribution in [3.8, 4) is 0 Å². The van der Waals surface area contributed by atoms with Crippen molar-refractivity contribution in [2.45, 2.75) is 20.0 Å². The van der Waals surface area contributed by atoms with E-state index in [0.29, 0.717) is 23.8 Å². The first-order valence-electron chi connectivity index (χ1n) is 6.19. The SMILES string of the molecule is Cc1ccc(C)c(C(=O)c2cc(C(F)(F)F)ccc2F)c1. The zero-order valence-corrected chi connectivity index (χ0v) is 11.4. The number of carbonyl (C=O) groups is 1. The van der Waals surface area contributed by atoms with E-state index in [2.05, 4.69) is 0 Å². The van der Waals surface area contributed by atoms with E-state index in [-0.39, 0.29) is 5.56 Å². The molecular formula is C16H12F4O. The maximum Gasteiger partial charge on any atom is 0.416 e. The van der Waals surface area contributed by atoms with Gasteiger partial charge in [-0.05, 0) is 43.7 Å². The number of alkyl halides is 3. The molecule has 0 N–H and O–H groups in total. The van der Waals surface area contributed by atoms with E-state index in [1.807, 2.05) is 0 Å². The topological polar surface area (TPSA) is 17.1 Å². The highest BCUT2D eigenvalue weighted by Crippen LogP contribution is 2.31. The van der Waals surface area contributed by atoms with Crippen LogP contribution in [0.25, 0.3) is 0 Å². The normalized spacial score (nSPS) is 11.5. The lowest BCUT2D eigenvalue weighted by molar-refractivity contribution is -0.137. The summed E-state index contributed by atoms with van der Waals surface area (Å²) in [6.07, 6.45) is -4.62. The summed E-state index contributed by atoms with van der Waals surface area (Å²) in [5, 5.41) is 0. The third-order valence-electron chi connectivity index (χ3n) is 3.18. The summed E-state index contributed by atoms with van der Waals surface area (Å²) < 4.78 is 51.8. The molecule has 0 atom stereocenters. The van der Waals surface area contributed by atoms with Crippen LogP contribution in [0.5, 0.6) is 0 Å². The Morgan fingerprint density at radius 1 is 0.952 bits per heavy atom. The molecule has 0 fully saturated rings. The summed E-state index contributed by atoms with van der Waals surface area (Å²) >= 11 is 0. The Hall–Kier alpha value is -2.17. The van der Waals surface area contributed by atoms with Crippen molar-refractivity contribution < 1.29 is 22.4 Å². The number of aryl methyl sites for hydroxylation is 2. The third kappa shape index (κ3) is 3.12. The predicted octanol–water partition coefficient (Wildman–Crippen LogP) is 4.69. The van der Waals surface area contributed by atoms with E-state index in [4.69, 9.17) is 0 Å². The van der Waals surface area contributed by atoms with Crippen molar-refractivity contribution in [2.75, 3.05) is 0 Å². The number of hydrogen-bond donors (Lipinski definition) is 0. The lowest BCUT2D eigenvalue weighted by Crippen LogP contribution is -2.11. The largest absolute Gasteiger partial charge is 0.416 e. The van der Waals surface area contributed by atoms with Crippen LogP contribution < -0.4 is 0 Å². The first-order valence-corrected chi connectivity index (χ1v) is 6.19. The molecule has 2 aromatic carbocycles. The van der Waals surface area contributed by atoms with Crippen LogP contribution >= 0.6 is 0 Å². The van der Waals surface area contributed by atoms with E-state index in [0.717, 1.165) is 5.56 Å². The van der Waals surface area contributed by atoms with Crippen LogP contribution in [0.4, 0.5) is 17.6 Å². The minimum absolute atomic E-state index is 0.202. The fraction of sp³-hybridized carbons (Fsp3) is 0.188. The molecule has 0 spiro atoms. The second-order valence-electron chi connectivity index (χ2n) is 4.84. The van der Waals surface area contributed by atoms with E-state index >= 15 is 0 Å². The van der Waals surface area contributed by atoms with Gasteiger partial charge in [-0.1, -0.05) is 17.7 Å². The number of rotatable bonds is 2. The Balaban J connectivity index is 2.55. The molecule has 0 aromatic heterocycles. The molecule has 2 aromatic rings. The van der Waals surface area contributed by atoms with Gasteiger partial charge in [0.1, 0.15) is 5.82 Å². The minimum atomic E-state index is -4.62. The van der Waals surface area contributed by atoms with Crippen LogP contribution in [-0.2, 0) is 6.18 Å². The highest BCUT2D eigenvalue weighted by molar-refractivity contribution is 6.10. The zero-order valence-electron chi connectivity index (χ0n) is 11.4. The van der Waals surface area contributed by atoms with Crippen molar-refractivity contribution in [3.63, 3.8) is 0 Å². The average Bonchev–Trinajstić information content (AvgIpc) is 2.40. The van der Waals surface area contributed by atoms with Gasteiger partial charge in [0, 0.05) is 5.56 Å². The molecule has 0 saturated carbocycles. The lowest BCUT2D eigenvalue weighted by atomic mass is 9.96. The van der Waals surface area contributed by atoms with Crippen LogP contribution in [0.15, 0.2) is 36.4 Å². The second-order valence-corrected chi connectivity index (χ2v) is 4.84. The molecule has 0 unspecified atom stereocenters. The predicted molar refractivity (Wildman–Crippen MR) is 70.8 cm³/mol. The van der Waals surface area contributed by atoms with Crippen LogP contribution in [0.1, 0.15) is 32.6 Å². The van der Waals surface area contributed by atoms with Crippen molar-refractivity contribution in [1.29, 1.82) is 0 Å². The summed E-state index contributed by atoms with van der Waals surface area (Å²) in [7, 11) is 0. The smallest absolute Gasteiger partial charge is 0.288 e. The highest BCUT2D eigenvalue weighted by atomic mass is 19.4. The summed E-state index contributed by atoms with van der Waals surface area (Å²) in [6.45, 7) is 3.40. The Kier molecular flexibility index (Phi) is 3.85. The average molecular weight is 296 g/mol. The lowest BCUT2D eigenvalue weighted by Gasteiger charge is -2.11. The van der Waals surface area contributed by atoms with Gasteiger partial charge in [-0.15, -0.1) is 0 Å². The Morgan fingerprint density at radius 2 is 1.62 bits per heavy atom. The Morgan fingerprint density at radius 3 is 2.24 bits per heavy atom. The molecule has 0 radical (unpaired) electrons. The molecule has 0 aliphatic rings. The summed E-state index contributed by atoms with van der Waals surface area (Å²) in [5.74, 6) is -1.71. The van der Waals surface area contributed by atoms with E-state index in [9.17, 15) is 22.4 Å². The van der Waals surface area contributed by atoms with Crippen molar-refractivity contribution in [1.82, 2.24) is 0 Å². The van der Waals surface area contributed by atoms with Crippen LogP contribution in [0.3, 0.4) is 0 Å². The monoisotopic (exact) mass is 296 g/mol. The summed E-state index contributed by atoms with van der Waals surface area (Å²) in [4.78, 5) is 12.3. The van der Waals surface area contributed by atoms with Gasteiger partial charge in [-0.3, -0.25) is 4.79 Å². The number of carbonyl (C=O) groups excluding carboxylic acids is 1. The maximum absolute atomic E-state index is 13.7. The molecule has 110 valence electrons. The van der Waals surface area contributed by atoms with Gasteiger partial charge in [0.2, 0.25) is 0 Å². The summed E-state index contributed by atoms with van der Waals surface area (Å²) in [5.41, 5.74) is -0.0527. The minimum Gasteiger partial charge on any atom is -0.288 e. The molecule has 0 aliphatic heterocycles. The second kappa shape index (κ2) is 5.31. The quantitative estimate of drug-likeness (QED) is 0.580. The molecule has 5 heteroatoms. The van der Waals surface area contributed by atoms with Gasteiger partial charge in [0.15, 0.2) is 5.78 Å². The number of halogens is 4. The van der Waals surface area contributed by atoms with E-state index < -0.39 is 28.9 Å². The van der Waals surface area contributed by atoms with Gasteiger partial charge in [0.25, 0.3) is 0 Å². The fourth-order valence-corrected chi connectivity index (χ4v) is 2.00. The Bertz CT molecular complexity index is 702. The van der Waals surface area contributed by atoms with Gasteiger partial charge >= 0.3 is 6.18 Å². The first kappa shape index (κ1) is 15.2. The van der Waals surface area contributed by atoms with Crippen LogP contribution in [-0.4, -0.2) is 5.78 Å². The van der Waals surface area contributed by atoms with E-state index in [1.165, 1.54) is 6.07 Å². The molecule has 21 heavy (non-hydrogen) atoms. The first-order chi connectivity index (χ1) is 9.70. The zero-order chi connectivity index (χ0) is 15.8. The van der Waals surface area contributed by atoms with Gasteiger partial charge < -0.3 is 0 Å². The molecule has 0 amide bonds. The van der Waals surface area contributed by atoms with Crippen molar-refractivity contribution in [2.24, 2.45) is 0 Å². The number of benzene rings is 2. The third-order valence-corrected chi connectivity index (χ3v) is 3.18. The van der Waals surface area contributed by atoms with Gasteiger partial charge in [-0.25, -0.2) is 4.39 Å². The van der Waals surface area contributed by atoms with Gasteiger partial charge in [-0.2, -0.15) is 13.2 Å². The molecule has 0 heterocycles. The summed E-state index contributed by atoms with van der Waals surface area (Å²) in [6, 6.07) is 6.83.